The van der Waals surface area contributed by atoms with Gasteiger partial charge in [-0.05, 0) is 64.9 Å². The summed E-state index contributed by atoms with van der Waals surface area (Å²) in [6.07, 6.45) is 12.5. The number of amides is 1. The summed E-state index contributed by atoms with van der Waals surface area (Å²) in [7, 11) is 0. The predicted octanol–water partition coefficient (Wildman–Crippen LogP) is 6.19. The van der Waals surface area contributed by atoms with E-state index in [1.807, 2.05) is 24.8 Å². The zero-order valence-corrected chi connectivity index (χ0v) is 19.9. The van der Waals surface area contributed by atoms with E-state index in [9.17, 15) is 9.59 Å². The number of ether oxygens (including phenoxy) is 1. The molecule has 1 aliphatic carbocycles. The molecule has 1 saturated carbocycles. The van der Waals surface area contributed by atoms with Gasteiger partial charge in [0.1, 0.15) is 4.88 Å². The number of anilines is 1. The van der Waals surface area contributed by atoms with Crippen LogP contribution >= 0.6 is 23.1 Å². The van der Waals surface area contributed by atoms with Crippen molar-refractivity contribution in [2.45, 2.75) is 71.1 Å². The van der Waals surface area contributed by atoms with Crippen molar-refractivity contribution in [2.24, 2.45) is 11.8 Å². The monoisotopic (exact) mass is 445 g/mol. The van der Waals surface area contributed by atoms with E-state index in [-0.39, 0.29) is 29.1 Å². The molecule has 3 rings (SSSR count). The van der Waals surface area contributed by atoms with Crippen molar-refractivity contribution in [3.63, 3.8) is 0 Å². The molecule has 1 atom stereocenters. The Bertz CT molecular complexity index is 856. The summed E-state index contributed by atoms with van der Waals surface area (Å²) in [6, 6.07) is 1.98. The molecule has 4 nitrogen and oxygen atoms in total. The summed E-state index contributed by atoms with van der Waals surface area (Å²) in [5.74, 6) is 3.19. The lowest BCUT2D eigenvalue weighted by molar-refractivity contribution is -0.123. The van der Waals surface area contributed by atoms with Gasteiger partial charge in [-0.25, -0.2) is 4.79 Å². The van der Waals surface area contributed by atoms with Crippen LogP contribution in [0.15, 0.2) is 17.0 Å². The first-order chi connectivity index (χ1) is 14.3. The lowest BCUT2D eigenvalue weighted by atomic mass is 9.82. The van der Waals surface area contributed by atoms with Crippen molar-refractivity contribution in [2.75, 3.05) is 11.5 Å². The van der Waals surface area contributed by atoms with Crippen LogP contribution in [-0.4, -0.2) is 24.5 Å². The van der Waals surface area contributed by atoms with Crippen molar-refractivity contribution in [1.82, 2.24) is 0 Å². The zero-order valence-electron chi connectivity index (χ0n) is 18.3. The molecular weight excluding hydrogens is 414 g/mol. The summed E-state index contributed by atoms with van der Waals surface area (Å²) in [4.78, 5) is 30.7. The Morgan fingerprint density at radius 2 is 2.00 bits per heavy atom. The number of rotatable bonds is 6. The number of esters is 1. The fourth-order valence-electron chi connectivity index (χ4n) is 4.17. The first kappa shape index (κ1) is 23.0. The van der Waals surface area contributed by atoms with Crippen LogP contribution in [0.25, 0.3) is 0 Å². The van der Waals surface area contributed by atoms with E-state index in [1.54, 1.807) is 18.7 Å². The molecule has 2 heterocycles. The SMILES string of the molecule is C#CC1=CCC(c2cc(N(C(=O)[C@H]3CC[C@H](C)CC3)C(C)C)c(C(=O)OCC)s2)S1. The van der Waals surface area contributed by atoms with Crippen LogP contribution in [-0.2, 0) is 9.53 Å². The predicted molar refractivity (Wildman–Crippen MR) is 126 cm³/mol. The van der Waals surface area contributed by atoms with Gasteiger partial charge in [0.25, 0.3) is 0 Å². The molecule has 1 aromatic rings. The summed E-state index contributed by atoms with van der Waals surface area (Å²) < 4.78 is 5.34. The molecule has 1 aromatic heterocycles. The minimum absolute atomic E-state index is 0.0255. The molecule has 1 fully saturated rings. The first-order valence-electron chi connectivity index (χ1n) is 10.8. The topological polar surface area (TPSA) is 46.6 Å². The maximum absolute atomic E-state index is 13.5. The normalized spacial score (nSPS) is 23.7. The van der Waals surface area contributed by atoms with Crippen LogP contribution in [0, 0.1) is 24.2 Å². The fourth-order valence-corrected chi connectivity index (χ4v) is 6.44. The number of thioether (sulfide) groups is 1. The average Bonchev–Trinajstić information content (AvgIpc) is 3.35. The third kappa shape index (κ3) is 4.95. The summed E-state index contributed by atoms with van der Waals surface area (Å²) in [5.41, 5.74) is 0.696. The summed E-state index contributed by atoms with van der Waals surface area (Å²) in [5, 5.41) is 0.183. The number of thiophene rings is 1. The standard InChI is InChI=1S/C24H31NO3S2/c1-6-18-12-13-20(29-18)21-14-19(22(30-21)24(27)28-7-2)25(15(3)4)23(26)17-10-8-16(5)9-11-17/h1,12,14-17,20H,7-11,13H2,2-5H3/t16-,17-,20?. The molecule has 1 amide bonds. The number of hydrogen-bond acceptors (Lipinski definition) is 5. The van der Waals surface area contributed by atoms with Crippen LogP contribution < -0.4 is 4.90 Å². The van der Waals surface area contributed by atoms with Gasteiger partial charge in [-0.1, -0.05) is 18.9 Å². The highest BCUT2D eigenvalue weighted by Crippen LogP contribution is 2.48. The Kier molecular flexibility index (Phi) is 7.70. The quantitative estimate of drug-likeness (QED) is 0.387. The van der Waals surface area contributed by atoms with Crippen molar-refractivity contribution >= 4 is 40.7 Å². The van der Waals surface area contributed by atoms with Crippen molar-refractivity contribution in [3.8, 4) is 12.3 Å². The first-order valence-corrected chi connectivity index (χ1v) is 12.5. The molecule has 0 radical (unpaired) electrons. The van der Waals surface area contributed by atoms with Crippen LogP contribution in [0.5, 0.6) is 0 Å². The van der Waals surface area contributed by atoms with E-state index in [0.29, 0.717) is 23.1 Å². The Labute approximate surface area is 188 Å². The highest BCUT2D eigenvalue weighted by atomic mass is 32.2. The maximum atomic E-state index is 13.5. The van der Waals surface area contributed by atoms with Gasteiger partial charge in [0.05, 0.1) is 17.2 Å². The molecule has 0 N–H and O–H groups in total. The second kappa shape index (κ2) is 10.1. The number of carbonyl (C=O) groups is 2. The van der Waals surface area contributed by atoms with E-state index in [2.05, 4.69) is 18.9 Å². The van der Waals surface area contributed by atoms with Gasteiger partial charge in [0, 0.05) is 22.1 Å². The van der Waals surface area contributed by atoms with Gasteiger partial charge in [-0.3, -0.25) is 4.79 Å². The molecule has 0 saturated heterocycles. The second-order valence-corrected chi connectivity index (χ2v) is 10.7. The molecule has 0 bridgehead atoms. The molecule has 2 aliphatic rings. The highest BCUT2D eigenvalue weighted by molar-refractivity contribution is 8.04. The average molecular weight is 446 g/mol. The summed E-state index contributed by atoms with van der Waals surface area (Å²) >= 11 is 3.08. The van der Waals surface area contributed by atoms with Crippen molar-refractivity contribution < 1.29 is 14.3 Å². The Morgan fingerprint density at radius 1 is 1.30 bits per heavy atom. The largest absolute Gasteiger partial charge is 0.462 e. The summed E-state index contributed by atoms with van der Waals surface area (Å²) in [6.45, 7) is 8.39. The van der Waals surface area contributed by atoms with Gasteiger partial charge < -0.3 is 9.64 Å². The third-order valence-corrected chi connectivity index (χ3v) is 8.45. The van der Waals surface area contributed by atoms with E-state index >= 15 is 0 Å². The van der Waals surface area contributed by atoms with Gasteiger partial charge in [-0.15, -0.1) is 29.5 Å². The van der Waals surface area contributed by atoms with Crippen LogP contribution in [0.1, 0.15) is 79.6 Å². The molecule has 0 spiro atoms. The number of carbonyl (C=O) groups excluding carboxylic acids is 2. The van der Waals surface area contributed by atoms with Gasteiger partial charge >= 0.3 is 5.97 Å². The third-order valence-electron chi connectivity index (χ3n) is 5.82. The maximum Gasteiger partial charge on any atom is 0.350 e. The van der Waals surface area contributed by atoms with Gasteiger partial charge in [0.15, 0.2) is 0 Å². The smallest absolute Gasteiger partial charge is 0.350 e. The fraction of sp³-hybridized carbons (Fsp3) is 0.583. The molecule has 162 valence electrons. The minimum atomic E-state index is -0.354. The van der Waals surface area contributed by atoms with Crippen LogP contribution in [0.2, 0.25) is 0 Å². The minimum Gasteiger partial charge on any atom is -0.462 e. The Balaban J connectivity index is 1.94. The molecular formula is C24H31NO3S2. The highest BCUT2D eigenvalue weighted by Gasteiger charge is 2.34. The lowest BCUT2D eigenvalue weighted by Gasteiger charge is -2.33. The van der Waals surface area contributed by atoms with E-state index in [1.165, 1.54) is 11.3 Å². The van der Waals surface area contributed by atoms with E-state index in [4.69, 9.17) is 11.2 Å². The number of nitrogens with zero attached hydrogens (tertiary/aromatic N) is 1. The van der Waals surface area contributed by atoms with Gasteiger partial charge in [-0.2, -0.15) is 0 Å². The number of allylic oxidation sites excluding steroid dienone is 2. The second-order valence-electron chi connectivity index (χ2n) is 8.40. The molecule has 6 heteroatoms. The number of hydrogen-bond donors (Lipinski definition) is 0. The molecule has 1 aliphatic heterocycles. The molecule has 1 unspecified atom stereocenters. The van der Waals surface area contributed by atoms with Gasteiger partial charge in [0.2, 0.25) is 5.91 Å². The molecule has 0 aromatic carbocycles. The van der Waals surface area contributed by atoms with Crippen LogP contribution in [0.3, 0.4) is 0 Å². The zero-order chi connectivity index (χ0) is 21.8. The van der Waals surface area contributed by atoms with Crippen LogP contribution in [0.4, 0.5) is 5.69 Å². The Hall–Kier alpha value is -1.71. The van der Waals surface area contributed by atoms with E-state index < -0.39 is 0 Å². The van der Waals surface area contributed by atoms with Crippen molar-refractivity contribution in [1.29, 1.82) is 0 Å². The molecule has 30 heavy (non-hydrogen) atoms. The number of terminal acetylenes is 1. The van der Waals surface area contributed by atoms with Crippen molar-refractivity contribution in [3.05, 3.63) is 26.8 Å². The van der Waals surface area contributed by atoms with E-state index in [0.717, 1.165) is 41.9 Å². The lowest BCUT2D eigenvalue weighted by Crippen LogP contribution is -2.42. The Morgan fingerprint density at radius 3 is 2.57 bits per heavy atom.